The van der Waals surface area contributed by atoms with Crippen LogP contribution in [0.15, 0.2) is 17.9 Å². The van der Waals surface area contributed by atoms with Crippen LogP contribution in [0.4, 0.5) is 0 Å². The average Bonchev–Trinajstić information content (AvgIpc) is 3.10. The van der Waals surface area contributed by atoms with Crippen LogP contribution in [-0.2, 0) is 11.3 Å². The molecule has 0 radical (unpaired) electrons. The van der Waals surface area contributed by atoms with Crippen molar-refractivity contribution >= 4 is 11.3 Å². The van der Waals surface area contributed by atoms with Gasteiger partial charge in [-0.2, -0.15) is 0 Å². The first-order chi connectivity index (χ1) is 9.24. The highest BCUT2D eigenvalue weighted by atomic mass is 32.1. The molecule has 2 N–H and O–H groups in total. The Bertz CT molecular complexity index is 544. The van der Waals surface area contributed by atoms with E-state index in [4.69, 9.17) is 10.5 Å². The molecule has 0 spiro atoms. The molecule has 19 heavy (non-hydrogen) atoms. The van der Waals surface area contributed by atoms with Gasteiger partial charge in [-0.25, -0.2) is 9.97 Å². The zero-order valence-corrected chi connectivity index (χ0v) is 11.8. The van der Waals surface area contributed by atoms with E-state index in [2.05, 4.69) is 19.9 Å². The molecule has 1 aliphatic rings. The van der Waals surface area contributed by atoms with Crippen molar-refractivity contribution in [3.63, 3.8) is 0 Å². The van der Waals surface area contributed by atoms with Crippen molar-refractivity contribution in [3.05, 3.63) is 34.3 Å². The van der Waals surface area contributed by atoms with Crippen molar-refractivity contribution < 1.29 is 4.74 Å². The third kappa shape index (κ3) is 2.70. The Morgan fingerprint density at radius 2 is 2.53 bits per heavy atom. The van der Waals surface area contributed by atoms with Gasteiger partial charge >= 0.3 is 0 Å². The summed E-state index contributed by atoms with van der Waals surface area (Å²) in [5.41, 5.74) is 8.48. The van der Waals surface area contributed by atoms with E-state index >= 15 is 0 Å². The van der Waals surface area contributed by atoms with Crippen molar-refractivity contribution in [3.8, 4) is 0 Å². The number of nitrogens with two attached hydrogens (primary N) is 1. The number of ether oxygens (including phenoxy) is 1. The van der Waals surface area contributed by atoms with Gasteiger partial charge in [-0.05, 0) is 13.3 Å². The first-order valence-electron chi connectivity index (χ1n) is 6.48. The number of nitrogens with zero attached hydrogens (tertiary/aromatic N) is 3. The normalized spacial score (nSPS) is 20.8. The lowest BCUT2D eigenvalue weighted by Crippen LogP contribution is -2.24. The summed E-state index contributed by atoms with van der Waals surface area (Å²) in [6.45, 7) is 4.33. The molecule has 3 heterocycles. The SMILES string of the molecule is Cc1csc(Cn2cncc2C(N)C2CCOC2)n1. The van der Waals surface area contributed by atoms with Gasteiger partial charge in [0.2, 0.25) is 0 Å². The van der Waals surface area contributed by atoms with Crippen LogP contribution in [0.25, 0.3) is 0 Å². The van der Waals surface area contributed by atoms with Crippen LogP contribution < -0.4 is 5.73 Å². The zero-order chi connectivity index (χ0) is 13.2. The van der Waals surface area contributed by atoms with E-state index in [0.29, 0.717) is 5.92 Å². The van der Waals surface area contributed by atoms with E-state index < -0.39 is 0 Å². The molecule has 1 fully saturated rings. The summed E-state index contributed by atoms with van der Waals surface area (Å²) in [6.07, 6.45) is 4.73. The maximum Gasteiger partial charge on any atom is 0.113 e. The third-order valence-electron chi connectivity index (χ3n) is 3.53. The fourth-order valence-electron chi connectivity index (χ4n) is 2.44. The van der Waals surface area contributed by atoms with Gasteiger partial charge in [-0.3, -0.25) is 0 Å². The molecule has 2 aromatic rings. The van der Waals surface area contributed by atoms with Gasteiger partial charge in [-0.1, -0.05) is 0 Å². The molecule has 0 bridgehead atoms. The quantitative estimate of drug-likeness (QED) is 0.925. The van der Waals surface area contributed by atoms with Crippen molar-refractivity contribution in [2.45, 2.75) is 25.9 Å². The maximum atomic E-state index is 6.35. The molecule has 6 heteroatoms. The molecule has 0 amide bonds. The van der Waals surface area contributed by atoms with E-state index in [9.17, 15) is 0 Å². The van der Waals surface area contributed by atoms with Crippen LogP contribution in [0.1, 0.15) is 28.9 Å². The fourth-order valence-corrected chi connectivity index (χ4v) is 3.21. The number of thiazole rings is 1. The van der Waals surface area contributed by atoms with Crippen molar-refractivity contribution in [2.75, 3.05) is 13.2 Å². The standard InChI is InChI=1S/C13H18N4OS/c1-9-7-19-12(16-9)5-17-8-15-4-11(17)13(14)10-2-3-18-6-10/h4,7-8,10,13H,2-3,5-6,14H2,1H3. The Kier molecular flexibility index (Phi) is 3.63. The highest BCUT2D eigenvalue weighted by molar-refractivity contribution is 7.09. The fraction of sp³-hybridized carbons (Fsp3) is 0.538. The lowest BCUT2D eigenvalue weighted by atomic mass is 9.97. The number of aromatic nitrogens is 3. The Morgan fingerprint density at radius 1 is 1.63 bits per heavy atom. The molecular formula is C13H18N4OS. The number of hydrogen-bond acceptors (Lipinski definition) is 5. The van der Waals surface area contributed by atoms with E-state index in [-0.39, 0.29) is 6.04 Å². The van der Waals surface area contributed by atoms with Crippen molar-refractivity contribution in [1.29, 1.82) is 0 Å². The lowest BCUT2D eigenvalue weighted by Gasteiger charge is -2.19. The van der Waals surface area contributed by atoms with Gasteiger partial charge in [0.05, 0.1) is 31.2 Å². The maximum absolute atomic E-state index is 6.35. The summed E-state index contributed by atoms with van der Waals surface area (Å²) in [4.78, 5) is 8.72. The molecule has 102 valence electrons. The Balaban J connectivity index is 1.77. The van der Waals surface area contributed by atoms with Gasteiger partial charge in [0, 0.05) is 29.8 Å². The zero-order valence-electron chi connectivity index (χ0n) is 11.0. The van der Waals surface area contributed by atoms with Gasteiger partial charge < -0.3 is 15.0 Å². The van der Waals surface area contributed by atoms with E-state index in [1.54, 1.807) is 11.3 Å². The van der Waals surface area contributed by atoms with Crippen LogP contribution in [0.5, 0.6) is 0 Å². The van der Waals surface area contributed by atoms with Crippen molar-refractivity contribution in [1.82, 2.24) is 14.5 Å². The molecule has 0 saturated carbocycles. The third-order valence-corrected chi connectivity index (χ3v) is 4.48. The average molecular weight is 278 g/mol. The highest BCUT2D eigenvalue weighted by Gasteiger charge is 2.26. The Labute approximate surface area is 116 Å². The molecule has 5 nitrogen and oxygen atoms in total. The number of rotatable bonds is 4. The molecule has 3 rings (SSSR count). The van der Waals surface area contributed by atoms with Gasteiger partial charge in [0.1, 0.15) is 5.01 Å². The van der Waals surface area contributed by atoms with Crippen LogP contribution >= 0.6 is 11.3 Å². The van der Waals surface area contributed by atoms with Crippen LogP contribution in [0.2, 0.25) is 0 Å². The number of aryl methyl sites for hydroxylation is 1. The largest absolute Gasteiger partial charge is 0.381 e. The molecule has 2 atom stereocenters. The molecule has 1 aliphatic heterocycles. The summed E-state index contributed by atoms with van der Waals surface area (Å²) >= 11 is 1.68. The second-order valence-electron chi connectivity index (χ2n) is 4.98. The monoisotopic (exact) mass is 278 g/mol. The topological polar surface area (TPSA) is 66.0 Å². The summed E-state index contributed by atoms with van der Waals surface area (Å²) in [5, 5.41) is 3.16. The first-order valence-corrected chi connectivity index (χ1v) is 7.36. The molecule has 2 aromatic heterocycles. The smallest absolute Gasteiger partial charge is 0.113 e. The highest BCUT2D eigenvalue weighted by Crippen LogP contribution is 2.27. The van der Waals surface area contributed by atoms with Gasteiger partial charge in [0.25, 0.3) is 0 Å². The molecular weight excluding hydrogens is 260 g/mol. The summed E-state index contributed by atoms with van der Waals surface area (Å²) < 4.78 is 7.52. The van der Waals surface area contributed by atoms with Gasteiger partial charge in [-0.15, -0.1) is 11.3 Å². The minimum Gasteiger partial charge on any atom is -0.381 e. The van der Waals surface area contributed by atoms with E-state index in [1.807, 2.05) is 19.4 Å². The molecule has 2 unspecified atom stereocenters. The lowest BCUT2D eigenvalue weighted by molar-refractivity contribution is 0.180. The van der Waals surface area contributed by atoms with E-state index in [0.717, 1.165) is 42.6 Å². The van der Waals surface area contributed by atoms with Crippen molar-refractivity contribution in [2.24, 2.45) is 11.7 Å². The predicted molar refractivity (Wildman–Crippen MR) is 74.0 cm³/mol. The summed E-state index contributed by atoms with van der Waals surface area (Å²) in [5.74, 6) is 0.397. The number of hydrogen-bond donors (Lipinski definition) is 1. The van der Waals surface area contributed by atoms with E-state index in [1.165, 1.54) is 0 Å². The Hall–Kier alpha value is -1.24. The second kappa shape index (κ2) is 5.40. The summed E-state index contributed by atoms with van der Waals surface area (Å²) in [7, 11) is 0. The minimum absolute atomic E-state index is 0.00828. The van der Waals surface area contributed by atoms with Crippen LogP contribution in [-0.4, -0.2) is 27.7 Å². The Morgan fingerprint density at radius 3 is 3.21 bits per heavy atom. The van der Waals surface area contributed by atoms with Gasteiger partial charge in [0.15, 0.2) is 0 Å². The van der Waals surface area contributed by atoms with Crippen LogP contribution in [0.3, 0.4) is 0 Å². The first kappa shape index (κ1) is 12.8. The summed E-state index contributed by atoms with van der Waals surface area (Å²) in [6, 6.07) is -0.00828. The van der Waals surface area contributed by atoms with Crippen LogP contribution in [0, 0.1) is 12.8 Å². The molecule has 0 aromatic carbocycles. The number of imidazole rings is 1. The molecule has 1 saturated heterocycles. The predicted octanol–water partition coefficient (Wildman–Crippen LogP) is 1.73. The second-order valence-corrected chi connectivity index (χ2v) is 5.92. The molecule has 0 aliphatic carbocycles. The minimum atomic E-state index is -0.00828.